The maximum absolute atomic E-state index is 5.43. The summed E-state index contributed by atoms with van der Waals surface area (Å²) in [5, 5.41) is 5.02. The van der Waals surface area contributed by atoms with Gasteiger partial charge in [0.05, 0.1) is 0 Å². The van der Waals surface area contributed by atoms with Crippen molar-refractivity contribution < 1.29 is 0 Å². The molecule has 0 bridgehead atoms. The second-order valence-corrected chi connectivity index (χ2v) is 1.79. The van der Waals surface area contributed by atoms with Crippen LogP contribution in [0, 0.1) is 0 Å². The summed E-state index contributed by atoms with van der Waals surface area (Å²) in [5.41, 5.74) is 0. The summed E-state index contributed by atoms with van der Waals surface area (Å²) in [6.45, 7) is 12.0. The van der Waals surface area contributed by atoms with Gasteiger partial charge >= 0.3 is 0 Å². The third-order valence-corrected chi connectivity index (χ3v) is 1.15. The van der Waals surface area contributed by atoms with E-state index in [-0.39, 0.29) is 0 Å². The molecule has 0 radical (unpaired) electrons. The fourth-order valence-corrected chi connectivity index (χ4v) is 0.682. The quantitative estimate of drug-likeness (QED) is 0.517. The Morgan fingerprint density at radius 2 is 1.36 bits per heavy atom. The maximum Gasteiger partial charge on any atom is 0.0254 e. The molecule has 1 heterocycles. The molecular weight excluding hydrogens is 138 g/mol. The first-order chi connectivity index (χ1) is 5.39. The van der Waals surface area contributed by atoms with Crippen LogP contribution in [-0.2, 0) is 0 Å². The van der Waals surface area contributed by atoms with Gasteiger partial charge in [0.15, 0.2) is 0 Å². The third kappa shape index (κ3) is 9.88. The lowest BCUT2D eigenvalue weighted by Gasteiger charge is -2.21. The number of nitrogens with zero attached hydrogens (tertiary/aromatic N) is 1. The number of hydrogen-bond acceptors (Lipinski definition) is 3. The average molecular weight is 161 g/mol. The molecule has 0 spiro atoms. The Labute approximate surface area is 70.9 Å². The summed E-state index contributed by atoms with van der Waals surface area (Å²) in [4.78, 5) is 0. The summed E-state index contributed by atoms with van der Waals surface area (Å²) in [6.07, 6.45) is 0. The topological polar surface area (TPSA) is 41.3 Å². The van der Waals surface area contributed by atoms with Crippen molar-refractivity contribution in [2.24, 2.45) is 5.84 Å². The van der Waals surface area contributed by atoms with Crippen LogP contribution >= 0.6 is 0 Å². The van der Waals surface area contributed by atoms with Gasteiger partial charge in [-0.15, -0.1) is 0 Å². The van der Waals surface area contributed by atoms with Crippen LogP contribution in [0.5, 0.6) is 0 Å². The Morgan fingerprint density at radius 1 is 1.00 bits per heavy atom. The molecule has 0 amide bonds. The number of rotatable bonds is 0. The van der Waals surface area contributed by atoms with E-state index in [0.29, 0.717) is 0 Å². The molecule has 0 atom stereocenters. The second kappa shape index (κ2) is 12.5. The molecule has 0 aromatic carbocycles. The van der Waals surface area contributed by atoms with E-state index in [9.17, 15) is 0 Å². The Morgan fingerprint density at radius 3 is 1.55 bits per heavy atom. The largest absolute Gasteiger partial charge is 0.314 e. The van der Waals surface area contributed by atoms with E-state index in [1.54, 1.807) is 0 Å². The Hall–Kier alpha value is -0.120. The smallest absolute Gasteiger partial charge is 0.0254 e. The molecule has 11 heavy (non-hydrogen) atoms. The van der Waals surface area contributed by atoms with Gasteiger partial charge in [-0.2, -0.15) is 0 Å². The van der Waals surface area contributed by atoms with E-state index < -0.39 is 0 Å². The molecule has 70 valence electrons. The molecule has 1 fully saturated rings. The highest BCUT2D eigenvalue weighted by molar-refractivity contribution is 4.60. The van der Waals surface area contributed by atoms with Gasteiger partial charge in [-0.3, -0.25) is 5.84 Å². The van der Waals surface area contributed by atoms with Crippen molar-refractivity contribution in [3.05, 3.63) is 0 Å². The highest BCUT2D eigenvalue weighted by Gasteiger charge is 2.01. The highest BCUT2D eigenvalue weighted by atomic mass is 15.4. The summed E-state index contributed by atoms with van der Waals surface area (Å²) in [5.74, 6) is 5.43. The zero-order valence-corrected chi connectivity index (χ0v) is 8.35. The zero-order valence-electron chi connectivity index (χ0n) is 8.35. The van der Waals surface area contributed by atoms with Gasteiger partial charge in [-0.1, -0.05) is 27.7 Å². The van der Waals surface area contributed by atoms with Crippen molar-refractivity contribution in [1.82, 2.24) is 10.3 Å². The first kappa shape index (κ1) is 13.5. The number of hydrazine groups is 1. The van der Waals surface area contributed by atoms with Gasteiger partial charge in [0, 0.05) is 26.2 Å². The molecule has 0 unspecified atom stereocenters. The van der Waals surface area contributed by atoms with E-state index in [4.69, 9.17) is 5.84 Å². The van der Waals surface area contributed by atoms with Crippen molar-refractivity contribution in [1.29, 1.82) is 0 Å². The lowest BCUT2D eigenvalue weighted by molar-refractivity contribution is 0.248. The molecule has 0 aliphatic carbocycles. The molecule has 3 nitrogen and oxygen atoms in total. The minimum absolute atomic E-state index is 0.986. The molecule has 3 heteroatoms. The number of hydrogen-bond donors (Lipinski definition) is 2. The third-order valence-electron chi connectivity index (χ3n) is 1.15. The lowest BCUT2D eigenvalue weighted by Crippen LogP contribution is -2.47. The molecule has 0 aromatic rings. The van der Waals surface area contributed by atoms with Gasteiger partial charge in [-0.05, 0) is 0 Å². The Bertz CT molecular complexity index is 51.3. The normalized spacial score (nSPS) is 17.2. The zero-order chi connectivity index (χ0) is 9.11. The predicted octanol–water partition coefficient (Wildman–Crippen LogP) is 0.818. The van der Waals surface area contributed by atoms with Crippen molar-refractivity contribution >= 4 is 0 Å². The number of nitrogens with two attached hydrogens (primary N) is 1. The van der Waals surface area contributed by atoms with Crippen LogP contribution in [0.25, 0.3) is 0 Å². The second-order valence-electron chi connectivity index (χ2n) is 1.79. The van der Waals surface area contributed by atoms with E-state index in [0.717, 1.165) is 26.2 Å². The van der Waals surface area contributed by atoms with E-state index >= 15 is 0 Å². The summed E-state index contributed by atoms with van der Waals surface area (Å²) in [6, 6.07) is 0. The summed E-state index contributed by atoms with van der Waals surface area (Å²) in [7, 11) is 0. The summed E-state index contributed by atoms with van der Waals surface area (Å²) < 4.78 is 0. The first-order valence-electron chi connectivity index (χ1n) is 4.60. The minimum atomic E-state index is 0.986. The first-order valence-corrected chi connectivity index (χ1v) is 4.60. The summed E-state index contributed by atoms with van der Waals surface area (Å²) >= 11 is 0. The van der Waals surface area contributed by atoms with Crippen LogP contribution < -0.4 is 11.2 Å². The van der Waals surface area contributed by atoms with Crippen molar-refractivity contribution in [2.45, 2.75) is 27.7 Å². The molecule has 1 saturated heterocycles. The van der Waals surface area contributed by atoms with Crippen LogP contribution in [0.1, 0.15) is 27.7 Å². The van der Waals surface area contributed by atoms with Gasteiger partial charge in [-0.25, -0.2) is 5.01 Å². The van der Waals surface area contributed by atoms with Crippen LogP contribution in [0.2, 0.25) is 0 Å². The monoisotopic (exact) mass is 161 g/mol. The molecule has 1 rings (SSSR count). The molecule has 1 aliphatic heterocycles. The predicted molar refractivity (Wildman–Crippen MR) is 51.3 cm³/mol. The van der Waals surface area contributed by atoms with Crippen LogP contribution in [0.3, 0.4) is 0 Å². The van der Waals surface area contributed by atoms with E-state index in [2.05, 4.69) is 5.32 Å². The average Bonchev–Trinajstić information content (AvgIpc) is 2.13. The fourth-order valence-electron chi connectivity index (χ4n) is 0.682. The van der Waals surface area contributed by atoms with Crippen LogP contribution in [0.4, 0.5) is 0 Å². The molecule has 1 aliphatic rings. The maximum atomic E-state index is 5.43. The number of nitrogens with one attached hydrogen (secondary N) is 1. The van der Waals surface area contributed by atoms with Crippen LogP contribution in [-0.4, -0.2) is 31.2 Å². The van der Waals surface area contributed by atoms with Gasteiger partial charge in [0.25, 0.3) is 0 Å². The van der Waals surface area contributed by atoms with Crippen molar-refractivity contribution in [3.8, 4) is 0 Å². The molecule has 0 aromatic heterocycles. The van der Waals surface area contributed by atoms with E-state index in [1.165, 1.54) is 0 Å². The Balaban J connectivity index is 0. The molecule has 3 N–H and O–H groups in total. The van der Waals surface area contributed by atoms with Gasteiger partial charge in [0.1, 0.15) is 0 Å². The fraction of sp³-hybridized carbons (Fsp3) is 1.00. The van der Waals surface area contributed by atoms with Crippen molar-refractivity contribution in [3.63, 3.8) is 0 Å². The molecule has 0 saturated carbocycles. The van der Waals surface area contributed by atoms with Crippen LogP contribution in [0.15, 0.2) is 0 Å². The SMILES string of the molecule is CC.CC.NN1CCNCC1. The minimum Gasteiger partial charge on any atom is -0.314 e. The lowest BCUT2D eigenvalue weighted by atomic mass is 10.4. The van der Waals surface area contributed by atoms with E-state index in [1.807, 2.05) is 32.7 Å². The van der Waals surface area contributed by atoms with Crippen molar-refractivity contribution in [2.75, 3.05) is 26.2 Å². The Kier molecular flexibility index (Phi) is 15.4. The van der Waals surface area contributed by atoms with Gasteiger partial charge in [0.2, 0.25) is 0 Å². The molecular formula is C8H23N3. The highest BCUT2D eigenvalue weighted by Crippen LogP contribution is 1.79. The standard InChI is InChI=1S/C4H11N3.2C2H6/c5-7-3-1-6-2-4-7;2*1-2/h6H,1-5H2;2*1-2H3. The van der Waals surface area contributed by atoms with Gasteiger partial charge < -0.3 is 5.32 Å². The number of piperazine rings is 1.